The molecule has 3 rings (SSSR count). The molecule has 0 spiro atoms. The molecule has 0 aromatic heterocycles. The van der Waals surface area contributed by atoms with Crippen molar-refractivity contribution in [3.8, 4) is 11.5 Å². The Hall–Kier alpha value is -3.73. The van der Waals surface area contributed by atoms with Crippen LogP contribution in [-0.4, -0.2) is 54.0 Å². The number of hydrogen-bond acceptors (Lipinski definition) is 7. The van der Waals surface area contributed by atoms with E-state index in [1.807, 2.05) is 0 Å². The van der Waals surface area contributed by atoms with Crippen molar-refractivity contribution in [2.24, 2.45) is 0 Å². The summed E-state index contributed by atoms with van der Waals surface area (Å²) in [4.78, 5) is 49.1. The lowest BCUT2D eigenvalue weighted by Crippen LogP contribution is -2.38. The summed E-state index contributed by atoms with van der Waals surface area (Å²) in [5, 5.41) is 2.09. The van der Waals surface area contributed by atoms with E-state index in [2.05, 4.69) is 10.1 Å². The van der Waals surface area contributed by atoms with Crippen molar-refractivity contribution in [3.63, 3.8) is 0 Å². The third-order valence-electron chi connectivity index (χ3n) is 4.56. The van der Waals surface area contributed by atoms with Crippen LogP contribution in [0.2, 0.25) is 0 Å². The lowest BCUT2D eigenvalue weighted by molar-refractivity contribution is -0.125. The maximum atomic E-state index is 12.5. The molecule has 178 valence electrons. The van der Waals surface area contributed by atoms with Gasteiger partial charge in [-0.2, -0.15) is 8.78 Å². The fourth-order valence-corrected chi connectivity index (χ4v) is 3.75. The second kappa shape index (κ2) is 11.4. The first-order valence-electron chi connectivity index (χ1n) is 10.0. The van der Waals surface area contributed by atoms with Crippen LogP contribution in [0.15, 0.2) is 53.4 Å². The van der Waals surface area contributed by atoms with Crippen molar-refractivity contribution in [1.29, 1.82) is 0 Å². The first-order chi connectivity index (χ1) is 16.2. The monoisotopic (exact) mass is 490 g/mol. The number of nitrogens with zero attached hydrogens (tertiary/aromatic N) is 1. The van der Waals surface area contributed by atoms with Crippen LogP contribution in [0.5, 0.6) is 11.5 Å². The quantitative estimate of drug-likeness (QED) is 0.400. The number of carbonyl (C=O) groups excluding carboxylic acids is 4. The van der Waals surface area contributed by atoms with Gasteiger partial charge in [-0.25, -0.2) is 0 Å². The number of ether oxygens (including phenoxy) is 2. The number of rotatable bonds is 10. The summed E-state index contributed by atoms with van der Waals surface area (Å²) in [7, 11) is 0. The van der Waals surface area contributed by atoms with Gasteiger partial charge in [0, 0.05) is 18.7 Å². The van der Waals surface area contributed by atoms with Crippen LogP contribution in [0, 0.1) is 0 Å². The summed E-state index contributed by atoms with van der Waals surface area (Å²) < 4.78 is 34.1. The maximum Gasteiger partial charge on any atom is 0.387 e. The van der Waals surface area contributed by atoms with E-state index in [9.17, 15) is 28.0 Å². The molecular weight excluding hydrogens is 470 g/mol. The van der Waals surface area contributed by atoms with Crippen molar-refractivity contribution in [2.75, 3.05) is 19.7 Å². The average Bonchev–Trinajstić information content (AvgIpc) is 3.06. The van der Waals surface area contributed by atoms with Gasteiger partial charge in [-0.15, -0.1) is 0 Å². The van der Waals surface area contributed by atoms with Crippen LogP contribution in [-0.2, 0) is 9.59 Å². The van der Waals surface area contributed by atoms with Gasteiger partial charge in [0.1, 0.15) is 11.5 Å². The number of hydrogen-bond donors (Lipinski definition) is 1. The Morgan fingerprint density at radius 3 is 2.32 bits per heavy atom. The van der Waals surface area contributed by atoms with Gasteiger partial charge in [-0.05, 0) is 66.7 Å². The topological polar surface area (TPSA) is 102 Å². The zero-order valence-electron chi connectivity index (χ0n) is 18.0. The molecule has 1 heterocycles. The molecule has 2 aromatic rings. The largest absolute Gasteiger partial charge is 0.484 e. The minimum Gasteiger partial charge on any atom is -0.484 e. The molecule has 1 aliphatic heterocycles. The van der Waals surface area contributed by atoms with E-state index in [0.29, 0.717) is 16.9 Å². The Labute approximate surface area is 197 Å². The van der Waals surface area contributed by atoms with Gasteiger partial charge in [-0.3, -0.25) is 24.1 Å². The molecule has 0 aliphatic carbocycles. The predicted molar refractivity (Wildman–Crippen MR) is 121 cm³/mol. The molecule has 1 aliphatic rings. The number of benzene rings is 2. The van der Waals surface area contributed by atoms with Gasteiger partial charge < -0.3 is 14.8 Å². The van der Waals surface area contributed by atoms with E-state index < -0.39 is 23.7 Å². The molecule has 11 heteroatoms. The summed E-state index contributed by atoms with van der Waals surface area (Å²) in [5.74, 6) is -0.634. The minimum absolute atomic E-state index is 0.0203. The normalized spacial score (nSPS) is 14.6. The standard InChI is InChI=1S/C23H20F2N2O6S/c1-14(28)16-4-8-17(9-5-16)32-13-20(29)26-10-11-27-21(30)19(34-23(27)31)12-15-2-6-18(7-3-15)33-22(24)25/h2-9,12,22H,10-11,13H2,1H3,(H,26,29). The van der Waals surface area contributed by atoms with E-state index in [1.54, 1.807) is 24.3 Å². The van der Waals surface area contributed by atoms with E-state index in [-0.39, 0.29) is 36.1 Å². The smallest absolute Gasteiger partial charge is 0.387 e. The number of ketones is 1. The van der Waals surface area contributed by atoms with E-state index in [0.717, 1.165) is 16.7 Å². The number of halogens is 2. The van der Waals surface area contributed by atoms with E-state index in [4.69, 9.17) is 4.74 Å². The zero-order valence-corrected chi connectivity index (χ0v) is 18.8. The highest BCUT2D eigenvalue weighted by atomic mass is 32.2. The average molecular weight is 490 g/mol. The molecule has 1 N–H and O–H groups in total. The number of alkyl halides is 2. The number of amides is 3. The van der Waals surface area contributed by atoms with Crippen LogP contribution in [0.3, 0.4) is 0 Å². The van der Waals surface area contributed by atoms with Crippen molar-refractivity contribution in [1.82, 2.24) is 10.2 Å². The lowest BCUT2D eigenvalue weighted by atomic mass is 10.1. The molecule has 1 saturated heterocycles. The first-order valence-corrected chi connectivity index (χ1v) is 10.9. The molecule has 0 radical (unpaired) electrons. The zero-order chi connectivity index (χ0) is 24.7. The summed E-state index contributed by atoms with van der Waals surface area (Å²) in [5.41, 5.74) is 1.06. The number of thioether (sulfide) groups is 1. The highest BCUT2D eigenvalue weighted by molar-refractivity contribution is 8.18. The first kappa shape index (κ1) is 24.9. The predicted octanol–water partition coefficient (Wildman–Crippen LogP) is 3.72. The number of imide groups is 1. The second-order valence-electron chi connectivity index (χ2n) is 7.00. The third kappa shape index (κ3) is 6.88. The van der Waals surface area contributed by atoms with Gasteiger partial charge in [0.25, 0.3) is 17.1 Å². The fraction of sp³-hybridized carbons (Fsp3) is 0.217. The van der Waals surface area contributed by atoms with Crippen LogP contribution >= 0.6 is 11.8 Å². The van der Waals surface area contributed by atoms with Gasteiger partial charge in [0.15, 0.2) is 12.4 Å². The van der Waals surface area contributed by atoms with Crippen LogP contribution in [0.25, 0.3) is 6.08 Å². The van der Waals surface area contributed by atoms with Crippen LogP contribution in [0.4, 0.5) is 13.6 Å². The molecule has 0 bridgehead atoms. The summed E-state index contributed by atoms with van der Waals surface area (Å²) >= 11 is 0.747. The van der Waals surface area contributed by atoms with E-state index in [1.165, 1.54) is 37.3 Å². The number of Topliss-reactive ketones (excluding diaryl/α,β-unsaturated/α-hetero) is 1. The highest BCUT2D eigenvalue weighted by Gasteiger charge is 2.34. The van der Waals surface area contributed by atoms with Gasteiger partial charge in [-0.1, -0.05) is 12.1 Å². The minimum atomic E-state index is -2.94. The fourth-order valence-electron chi connectivity index (χ4n) is 2.88. The summed E-state index contributed by atoms with van der Waals surface area (Å²) in [6, 6.07) is 12.0. The van der Waals surface area contributed by atoms with Gasteiger partial charge in [0.2, 0.25) is 0 Å². The SMILES string of the molecule is CC(=O)c1ccc(OCC(=O)NCCN2C(=O)SC(=Cc3ccc(OC(F)F)cc3)C2=O)cc1. The number of carbonyl (C=O) groups is 4. The summed E-state index contributed by atoms with van der Waals surface area (Å²) in [6.07, 6.45) is 1.47. The Bertz CT molecular complexity index is 1100. The van der Waals surface area contributed by atoms with Crippen molar-refractivity contribution < 1.29 is 37.4 Å². The molecular formula is C23H20F2N2O6S. The van der Waals surface area contributed by atoms with Crippen molar-refractivity contribution in [2.45, 2.75) is 13.5 Å². The van der Waals surface area contributed by atoms with Crippen molar-refractivity contribution in [3.05, 3.63) is 64.6 Å². The van der Waals surface area contributed by atoms with Gasteiger partial charge in [0.05, 0.1) is 4.91 Å². The van der Waals surface area contributed by atoms with Crippen molar-refractivity contribution >= 4 is 40.7 Å². The number of nitrogens with one attached hydrogen (secondary N) is 1. The Morgan fingerprint density at radius 1 is 1.06 bits per heavy atom. The molecule has 3 amide bonds. The van der Waals surface area contributed by atoms with Gasteiger partial charge >= 0.3 is 6.61 Å². The molecule has 0 saturated carbocycles. The molecule has 0 atom stereocenters. The summed E-state index contributed by atoms with van der Waals surface area (Å²) in [6.45, 7) is -1.75. The molecule has 1 fully saturated rings. The third-order valence-corrected chi connectivity index (χ3v) is 5.47. The molecule has 34 heavy (non-hydrogen) atoms. The molecule has 0 unspecified atom stereocenters. The Morgan fingerprint density at radius 2 is 1.71 bits per heavy atom. The van der Waals surface area contributed by atoms with Crippen LogP contribution in [0.1, 0.15) is 22.8 Å². The lowest BCUT2D eigenvalue weighted by Gasteiger charge is -2.13. The Kier molecular flexibility index (Phi) is 8.36. The maximum absolute atomic E-state index is 12.5. The molecule has 8 nitrogen and oxygen atoms in total. The second-order valence-corrected chi connectivity index (χ2v) is 7.99. The highest BCUT2D eigenvalue weighted by Crippen LogP contribution is 2.32. The molecule has 2 aromatic carbocycles. The Balaban J connectivity index is 1.46. The van der Waals surface area contributed by atoms with E-state index >= 15 is 0 Å². The van der Waals surface area contributed by atoms with Crippen LogP contribution < -0.4 is 14.8 Å².